The van der Waals surface area contributed by atoms with Crippen molar-refractivity contribution in [3.05, 3.63) is 12.2 Å². The van der Waals surface area contributed by atoms with Crippen molar-refractivity contribution in [1.29, 1.82) is 0 Å². The summed E-state index contributed by atoms with van der Waals surface area (Å²) in [6.45, 7) is -1.62. The molecular formula is C20H39NO2. The molecule has 3 nitrogen and oxygen atoms in total. The monoisotopic (exact) mass is 329 g/mol. The number of allylic oxidation sites excluding steroid dienone is 2. The normalized spacial score (nSPS) is 15.7. The van der Waals surface area contributed by atoms with Gasteiger partial charge in [0.1, 0.15) is 0 Å². The Balaban J connectivity index is 3.33. The molecule has 136 valence electrons. The fourth-order valence-electron chi connectivity index (χ4n) is 2.40. The summed E-state index contributed by atoms with van der Waals surface area (Å²) in [6, 6.07) is 0. The summed E-state index contributed by atoms with van der Waals surface area (Å²) >= 11 is 0. The van der Waals surface area contributed by atoms with E-state index >= 15 is 0 Å². The molecule has 0 aromatic rings. The lowest BCUT2D eigenvalue weighted by Crippen LogP contribution is -2.25. The highest BCUT2D eigenvalue weighted by Gasteiger charge is 1.99. The van der Waals surface area contributed by atoms with E-state index in [-0.39, 0.29) is 19.1 Å². The molecule has 0 fully saturated rings. The largest absolute Gasteiger partial charge is 0.395 e. The second-order valence-electron chi connectivity index (χ2n) is 5.99. The van der Waals surface area contributed by atoms with E-state index < -0.39 is 13.2 Å². The van der Waals surface area contributed by atoms with Crippen molar-refractivity contribution in [2.75, 3.05) is 13.2 Å². The van der Waals surface area contributed by atoms with Crippen LogP contribution in [0.15, 0.2) is 12.2 Å². The maximum absolute atomic E-state index is 11.5. The first-order valence-corrected chi connectivity index (χ1v) is 9.32. The minimum atomic E-state index is -1.76. The number of aliphatic hydroxyl groups is 1. The fourth-order valence-corrected chi connectivity index (χ4v) is 2.40. The smallest absolute Gasteiger partial charge is 0.220 e. The first-order valence-electron chi connectivity index (χ1n) is 11.4. The zero-order valence-corrected chi connectivity index (χ0v) is 14.7. The minimum absolute atomic E-state index is 0.0846. The standard InChI is InChI=1S/C20H39NO2/c1-2-3-4-5-6-7-8-9-10-11-12-13-14-15-16-17-20(23)21-18-19-22/h9-10,22H,2-8,11-19H2,1H3,(H,21,23)/b10-9-/i1D3,17D. The van der Waals surface area contributed by atoms with Crippen LogP contribution < -0.4 is 5.32 Å². The molecule has 1 amide bonds. The summed E-state index contributed by atoms with van der Waals surface area (Å²) in [4.78, 5) is 11.5. The number of hydrogen-bond acceptors (Lipinski definition) is 2. The quantitative estimate of drug-likeness (QED) is 0.287. The van der Waals surface area contributed by atoms with Crippen molar-refractivity contribution in [3.63, 3.8) is 0 Å². The summed E-state index contributed by atoms with van der Waals surface area (Å²) in [6.07, 6.45) is 16.4. The molecular weight excluding hydrogens is 286 g/mol. The Bertz CT molecular complexity index is 387. The van der Waals surface area contributed by atoms with Crippen LogP contribution in [0, 0.1) is 0 Å². The molecule has 1 unspecified atom stereocenters. The number of unbranched alkanes of at least 4 members (excludes halogenated alkanes) is 9. The molecule has 0 aromatic carbocycles. The summed E-state index contributed by atoms with van der Waals surface area (Å²) in [5.41, 5.74) is 0. The van der Waals surface area contributed by atoms with Crippen LogP contribution in [0.4, 0.5) is 0 Å². The Morgan fingerprint density at radius 1 is 0.957 bits per heavy atom. The Morgan fingerprint density at radius 2 is 1.52 bits per heavy atom. The zero-order valence-electron chi connectivity index (χ0n) is 18.7. The molecule has 0 aromatic heterocycles. The zero-order chi connectivity index (χ0) is 20.4. The van der Waals surface area contributed by atoms with E-state index in [0.717, 1.165) is 57.8 Å². The number of amides is 1. The van der Waals surface area contributed by atoms with Crippen molar-refractivity contribution >= 4 is 5.91 Å². The first kappa shape index (κ1) is 15.7. The third-order valence-electron chi connectivity index (χ3n) is 3.78. The first-order chi connectivity index (χ1) is 12.9. The summed E-state index contributed by atoms with van der Waals surface area (Å²) in [5.74, 6) is -0.288. The predicted molar refractivity (Wildman–Crippen MR) is 99.5 cm³/mol. The third-order valence-corrected chi connectivity index (χ3v) is 3.78. The van der Waals surface area contributed by atoms with Crippen LogP contribution in [-0.4, -0.2) is 24.2 Å². The molecule has 0 bridgehead atoms. The van der Waals surface area contributed by atoms with Crippen molar-refractivity contribution in [2.24, 2.45) is 0 Å². The van der Waals surface area contributed by atoms with Gasteiger partial charge in [0, 0.05) is 18.4 Å². The van der Waals surface area contributed by atoms with Gasteiger partial charge in [-0.3, -0.25) is 4.79 Å². The van der Waals surface area contributed by atoms with Gasteiger partial charge in [-0.2, -0.15) is 0 Å². The maximum atomic E-state index is 11.5. The minimum Gasteiger partial charge on any atom is -0.395 e. The Labute approximate surface area is 149 Å². The Kier molecular flexibility index (Phi) is 13.1. The molecule has 0 rings (SSSR count). The average Bonchev–Trinajstić information content (AvgIpc) is 2.61. The van der Waals surface area contributed by atoms with Crippen LogP contribution in [-0.2, 0) is 4.79 Å². The van der Waals surface area contributed by atoms with Crippen LogP contribution in [0.2, 0.25) is 0 Å². The summed E-state index contributed by atoms with van der Waals surface area (Å²) in [7, 11) is 0. The lowest BCUT2D eigenvalue weighted by atomic mass is 10.1. The van der Waals surface area contributed by atoms with Gasteiger partial charge in [-0.15, -0.1) is 0 Å². The molecule has 0 saturated carbocycles. The SMILES string of the molecule is [2H]C(CCCCCC/C=C\CCCCCCCC([2H])([2H])[2H])C(=O)NCCO. The summed E-state index contributed by atoms with van der Waals surface area (Å²) < 4.78 is 29.2. The van der Waals surface area contributed by atoms with Crippen molar-refractivity contribution in [2.45, 2.75) is 96.7 Å². The fraction of sp³-hybridized carbons (Fsp3) is 0.850. The van der Waals surface area contributed by atoms with Crippen LogP contribution in [0.3, 0.4) is 0 Å². The molecule has 0 aliphatic carbocycles. The molecule has 0 radical (unpaired) electrons. The van der Waals surface area contributed by atoms with Gasteiger partial charge in [0.15, 0.2) is 0 Å². The van der Waals surface area contributed by atoms with E-state index in [1.165, 1.54) is 12.8 Å². The van der Waals surface area contributed by atoms with Gasteiger partial charge in [0.2, 0.25) is 5.91 Å². The van der Waals surface area contributed by atoms with E-state index in [9.17, 15) is 4.79 Å². The molecule has 0 spiro atoms. The predicted octanol–water partition coefficient (Wildman–Crippen LogP) is 5.13. The Morgan fingerprint density at radius 3 is 2.13 bits per heavy atom. The number of rotatable bonds is 17. The van der Waals surface area contributed by atoms with Gasteiger partial charge in [-0.05, 0) is 32.1 Å². The topological polar surface area (TPSA) is 49.3 Å². The number of carbonyl (C=O) groups is 1. The van der Waals surface area contributed by atoms with Gasteiger partial charge in [0.05, 0.1) is 6.61 Å². The maximum Gasteiger partial charge on any atom is 0.220 e. The molecule has 0 aliphatic heterocycles. The van der Waals surface area contributed by atoms with Crippen molar-refractivity contribution in [1.82, 2.24) is 5.32 Å². The van der Waals surface area contributed by atoms with Crippen LogP contribution in [0.25, 0.3) is 0 Å². The number of hydrogen-bond donors (Lipinski definition) is 2. The van der Waals surface area contributed by atoms with Crippen molar-refractivity contribution in [3.8, 4) is 0 Å². The Hall–Kier alpha value is -0.830. The highest BCUT2D eigenvalue weighted by atomic mass is 16.3. The highest BCUT2D eigenvalue weighted by Crippen LogP contribution is 2.09. The second kappa shape index (κ2) is 19.2. The third kappa shape index (κ3) is 19.1. The number of aliphatic hydroxyl groups excluding tert-OH is 1. The molecule has 1 atom stereocenters. The highest BCUT2D eigenvalue weighted by molar-refractivity contribution is 5.75. The molecule has 0 heterocycles. The van der Waals surface area contributed by atoms with Crippen molar-refractivity contribution < 1.29 is 15.4 Å². The van der Waals surface area contributed by atoms with Gasteiger partial charge < -0.3 is 10.4 Å². The molecule has 3 heteroatoms. The lowest BCUT2D eigenvalue weighted by Gasteiger charge is -2.03. The van der Waals surface area contributed by atoms with Crippen LogP contribution in [0.5, 0.6) is 0 Å². The lowest BCUT2D eigenvalue weighted by molar-refractivity contribution is -0.121. The summed E-state index contributed by atoms with van der Waals surface area (Å²) in [5, 5.41) is 11.2. The van der Waals surface area contributed by atoms with Gasteiger partial charge >= 0.3 is 0 Å². The van der Waals surface area contributed by atoms with E-state index in [4.69, 9.17) is 10.6 Å². The van der Waals surface area contributed by atoms with E-state index in [1.54, 1.807) is 0 Å². The van der Waals surface area contributed by atoms with Gasteiger partial charge in [0.25, 0.3) is 0 Å². The number of nitrogens with one attached hydrogen (secondary N) is 1. The van der Waals surface area contributed by atoms with Crippen LogP contribution in [0.1, 0.15) is 102 Å². The van der Waals surface area contributed by atoms with E-state index in [0.29, 0.717) is 12.8 Å². The second-order valence-corrected chi connectivity index (χ2v) is 5.99. The van der Waals surface area contributed by atoms with E-state index in [1.807, 2.05) is 0 Å². The van der Waals surface area contributed by atoms with Gasteiger partial charge in [-0.1, -0.05) is 70.4 Å². The molecule has 0 saturated heterocycles. The number of carbonyl (C=O) groups excluding carboxylic acids is 1. The van der Waals surface area contributed by atoms with Crippen LogP contribution >= 0.6 is 0 Å². The van der Waals surface area contributed by atoms with E-state index in [2.05, 4.69) is 17.5 Å². The molecule has 23 heavy (non-hydrogen) atoms. The molecule has 0 aliphatic rings. The molecule has 2 N–H and O–H groups in total. The van der Waals surface area contributed by atoms with Gasteiger partial charge in [-0.25, -0.2) is 0 Å². The average molecular weight is 330 g/mol.